The molecule has 0 bridgehead atoms. The smallest absolute Gasteiger partial charge is 0.133 e. The van der Waals surface area contributed by atoms with E-state index in [1.807, 2.05) is 19.1 Å². The van der Waals surface area contributed by atoms with E-state index in [1.165, 1.54) is 5.56 Å². The van der Waals surface area contributed by atoms with Gasteiger partial charge in [-0.05, 0) is 43.9 Å². The lowest BCUT2D eigenvalue weighted by atomic mass is 10.1. The quantitative estimate of drug-likeness (QED) is 0.753. The van der Waals surface area contributed by atoms with Gasteiger partial charge in [-0.15, -0.1) is 0 Å². The molecule has 2 atom stereocenters. The summed E-state index contributed by atoms with van der Waals surface area (Å²) in [6.45, 7) is 4.35. The molecule has 1 saturated carbocycles. The van der Waals surface area contributed by atoms with Crippen molar-refractivity contribution in [2.75, 3.05) is 6.61 Å². The van der Waals surface area contributed by atoms with Crippen LogP contribution in [0.5, 0.6) is 5.75 Å². The van der Waals surface area contributed by atoms with Gasteiger partial charge in [0.05, 0.1) is 6.61 Å². The van der Waals surface area contributed by atoms with Crippen LogP contribution in [-0.4, -0.2) is 12.4 Å². The van der Waals surface area contributed by atoms with Crippen molar-refractivity contribution in [1.82, 2.24) is 0 Å². The number of Topliss-reactive ketones (excluding diaryl/α,β-unsaturated/α-hetero) is 1. The second-order valence-corrected chi connectivity index (χ2v) is 4.06. The van der Waals surface area contributed by atoms with Gasteiger partial charge in [-0.3, -0.25) is 4.79 Å². The van der Waals surface area contributed by atoms with E-state index in [2.05, 4.69) is 12.1 Å². The average Bonchev–Trinajstić information content (AvgIpc) is 2.99. The summed E-state index contributed by atoms with van der Waals surface area (Å²) in [5, 5.41) is 0. The molecular formula is C13H16O2. The number of benzene rings is 1. The molecule has 2 unspecified atom stereocenters. The molecule has 2 nitrogen and oxygen atoms in total. The molecule has 1 aliphatic rings. The highest BCUT2D eigenvalue weighted by Crippen LogP contribution is 2.48. The van der Waals surface area contributed by atoms with Crippen molar-refractivity contribution < 1.29 is 9.53 Å². The highest BCUT2D eigenvalue weighted by molar-refractivity contribution is 5.82. The summed E-state index contributed by atoms with van der Waals surface area (Å²) >= 11 is 0. The summed E-state index contributed by atoms with van der Waals surface area (Å²) in [4.78, 5) is 11.1. The van der Waals surface area contributed by atoms with E-state index in [1.54, 1.807) is 6.92 Å². The summed E-state index contributed by atoms with van der Waals surface area (Å²) in [6, 6.07) is 8.10. The third kappa shape index (κ3) is 2.20. The minimum atomic E-state index is 0.267. The Kier molecular flexibility index (Phi) is 2.76. The second-order valence-electron chi connectivity index (χ2n) is 4.06. The van der Waals surface area contributed by atoms with Gasteiger partial charge < -0.3 is 4.74 Å². The number of hydrogen-bond donors (Lipinski definition) is 0. The number of hydrogen-bond acceptors (Lipinski definition) is 2. The normalized spacial score (nSPS) is 23.6. The van der Waals surface area contributed by atoms with Crippen LogP contribution in [0.3, 0.4) is 0 Å². The van der Waals surface area contributed by atoms with Gasteiger partial charge in [0.15, 0.2) is 0 Å². The van der Waals surface area contributed by atoms with Gasteiger partial charge in [-0.2, -0.15) is 0 Å². The van der Waals surface area contributed by atoms with Crippen molar-refractivity contribution in [3.05, 3.63) is 29.8 Å². The van der Waals surface area contributed by atoms with Gasteiger partial charge in [0.25, 0.3) is 0 Å². The second kappa shape index (κ2) is 4.05. The van der Waals surface area contributed by atoms with Crippen molar-refractivity contribution in [2.45, 2.75) is 26.2 Å². The van der Waals surface area contributed by atoms with Gasteiger partial charge in [0, 0.05) is 5.92 Å². The summed E-state index contributed by atoms with van der Waals surface area (Å²) in [6.07, 6.45) is 1.02. The van der Waals surface area contributed by atoms with Crippen molar-refractivity contribution in [3.8, 4) is 5.75 Å². The molecule has 0 radical (unpaired) electrons. The Hall–Kier alpha value is -1.31. The molecule has 0 aliphatic heterocycles. The third-order valence-corrected chi connectivity index (χ3v) is 2.93. The summed E-state index contributed by atoms with van der Waals surface area (Å²) in [5.74, 6) is 1.94. The molecule has 80 valence electrons. The largest absolute Gasteiger partial charge is 0.494 e. The molecule has 0 N–H and O–H groups in total. The molecule has 1 aliphatic carbocycles. The molecule has 1 aromatic carbocycles. The first kappa shape index (κ1) is 10.2. The summed E-state index contributed by atoms with van der Waals surface area (Å²) < 4.78 is 5.37. The Labute approximate surface area is 90.3 Å². The van der Waals surface area contributed by atoms with Gasteiger partial charge in [-0.25, -0.2) is 0 Å². The first-order chi connectivity index (χ1) is 7.22. The molecule has 0 spiro atoms. The molecule has 1 fully saturated rings. The SMILES string of the molecule is CCOc1ccc(C2CC2C(C)=O)cc1. The fraction of sp³-hybridized carbons (Fsp3) is 0.462. The monoisotopic (exact) mass is 204 g/mol. The molecule has 0 saturated heterocycles. The van der Waals surface area contributed by atoms with Crippen LogP contribution >= 0.6 is 0 Å². The predicted molar refractivity (Wildman–Crippen MR) is 59.1 cm³/mol. The topological polar surface area (TPSA) is 26.3 Å². The molecule has 0 amide bonds. The van der Waals surface area contributed by atoms with E-state index >= 15 is 0 Å². The number of ketones is 1. The van der Waals surface area contributed by atoms with E-state index in [4.69, 9.17) is 4.74 Å². The fourth-order valence-electron chi connectivity index (χ4n) is 1.99. The molecule has 2 rings (SSSR count). The maximum Gasteiger partial charge on any atom is 0.133 e. The average molecular weight is 204 g/mol. The van der Waals surface area contributed by atoms with E-state index in [-0.39, 0.29) is 5.92 Å². The van der Waals surface area contributed by atoms with E-state index < -0.39 is 0 Å². The lowest BCUT2D eigenvalue weighted by molar-refractivity contribution is -0.118. The van der Waals surface area contributed by atoms with Crippen LogP contribution in [0.2, 0.25) is 0 Å². The molecule has 0 aromatic heterocycles. The highest BCUT2D eigenvalue weighted by atomic mass is 16.5. The Morgan fingerprint density at radius 3 is 2.53 bits per heavy atom. The van der Waals surface area contributed by atoms with Crippen LogP contribution < -0.4 is 4.74 Å². The van der Waals surface area contributed by atoms with Crippen molar-refractivity contribution in [1.29, 1.82) is 0 Å². The predicted octanol–water partition coefficient (Wildman–Crippen LogP) is 2.78. The molecule has 2 heteroatoms. The van der Waals surface area contributed by atoms with Gasteiger partial charge >= 0.3 is 0 Å². The number of carbonyl (C=O) groups is 1. The lowest BCUT2D eigenvalue weighted by Gasteiger charge is -2.04. The minimum Gasteiger partial charge on any atom is -0.494 e. The van der Waals surface area contributed by atoms with E-state index in [0.717, 1.165) is 12.2 Å². The maximum absolute atomic E-state index is 11.1. The highest BCUT2D eigenvalue weighted by Gasteiger charge is 2.41. The fourth-order valence-corrected chi connectivity index (χ4v) is 1.99. The minimum absolute atomic E-state index is 0.267. The summed E-state index contributed by atoms with van der Waals surface area (Å²) in [7, 11) is 0. The van der Waals surface area contributed by atoms with Crippen LogP contribution in [0.15, 0.2) is 24.3 Å². The van der Waals surface area contributed by atoms with Gasteiger partial charge in [0.2, 0.25) is 0 Å². The van der Waals surface area contributed by atoms with Crippen molar-refractivity contribution in [2.24, 2.45) is 5.92 Å². The molecule has 15 heavy (non-hydrogen) atoms. The number of ether oxygens (including phenoxy) is 1. The number of rotatable bonds is 4. The molecule has 1 aromatic rings. The zero-order valence-electron chi connectivity index (χ0n) is 9.19. The first-order valence-electron chi connectivity index (χ1n) is 5.45. The van der Waals surface area contributed by atoms with E-state index in [9.17, 15) is 4.79 Å². The van der Waals surface area contributed by atoms with Crippen LogP contribution in [0.4, 0.5) is 0 Å². The molecule has 0 heterocycles. The zero-order chi connectivity index (χ0) is 10.8. The molecular weight excluding hydrogens is 188 g/mol. The Morgan fingerprint density at radius 1 is 1.40 bits per heavy atom. The summed E-state index contributed by atoms with van der Waals surface area (Å²) in [5.41, 5.74) is 1.26. The van der Waals surface area contributed by atoms with Crippen LogP contribution in [0.25, 0.3) is 0 Å². The van der Waals surface area contributed by atoms with Crippen LogP contribution in [0.1, 0.15) is 31.7 Å². The Morgan fingerprint density at radius 2 is 2.07 bits per heavy atom. The maximum atomic E-state index is 11.1. The Bertz CT molecular complexity index is 353. The third-order valence-electron chi connectivity index (χ3n) is 2.93. The van der Waals surface area contributed by atoms with E-state index in [0.29, 0.717) is 18.3 Å². The van der Waals surface area contributed by atoms with Crippen molar-refractivity contribution >= 4 is 5.78 Å². The lowest BCUT2D eigenvalue weighted by Crippen LogP contribution is -1.95. The first-order valence-corrected chi connectivity index (χ1v) is 5.45. The Balaban J connectivity index is 2.03. The van der Waals surface area contributed by atoms with Crippen LogP contribution in [0, 0.1) is 5.92 Å². The van der Waals surface area contributed by atoms with Crippen molar-refractivity contribution in [3.63, 3.8) is 0 Å². The van der Waals surface area contributed by atoms with Crippen LogP contribution in [-0.2, 0) is 4.79 Å². The standard InChI is InChI=1S/C13H16O2/c1-3-15-11-6-4-10(5-7-11)13-8-12(13)9(2)14/h4-7,12-13H,3,8H2,1-2H3. The number of carbonyl (C=O) groups excluding carboxylic acids is 1. The zero-order valence-corrected chi connectivity index (χ0v) is 9.19. The van der Waals surface area contributed by atoms with Gasteiger partial charge in [0.1, 0.15) is 11.5 Å². The van der Waals surface area contributed by atoms with Gasteiger partial charge in [-0.1, -0.05) is 12.1 Å².